The SMILES string of the molecule is CCc1csc(C2CCCN(c3ccnc(C(=O)NC)c3)C2)n1. The van der Waals surface area contributed by atoms with Crippen LogP contribution in [0.5, 0.6) is 0 Å². The number of nitrogens with zero attached hydrogens (tertiary/aromatic N) is 3. The third kappa shape index (κ3) is 3.52. The fraction of sp³-hybridized carbons (Fsp3) is 0.471. The molecule has 0 aliphatic carbocycles. The van der Waals surface area contributed by atoms with Gasteiger partial charge in [-0.05, 0) is 31.4 Å². The van der Waals surface area contributed by atoms with Gasteiger partial charge in [-0.1, -0.05) is 6.92 Å². The van der Waals surface area contributed by atoms with E-state index in [-0.39, 0.29) is 5.91 Å². The molecule has 1 amide bonds. The molecule has 1 N–H and O–H groups in total. The van der Waals surface area contributed by atoms with Crippen molar-refractivity contribution >= 4 is 22.9 Å². The molecule has 0 saturated carbocycles. The molecule has 0 spiro atoms. The van der Waals surface area contributed by atoms with E-state index in [4.69, 9.17) is 4.98 Å². The molecule has 1 aliphatic heterocycles. The first kappa shape index (κ1) is 15.9. The van der Waals surface area contributed by atoms with Crippen LogP contribution in [0.3, 0.4) is 0 Å². The Morgan fingerprint density at radius 3 is 3.13 bits per heavy atom. The molecule has 1 atom stereocenters. The zero-order valence-corrected chi connectivity index (χ0v) is 14.4. The van der Waals surface area contributed by atoms with Gasteiger partial charge in [-0.2, -0.15) is 0 Å². The summed E-state index contributed by atoms with van der Waals surface area (Å²) in [5.74, 6) is 0.332. The normalized spacial score (nSPS) is 18.0. The van der Waals surface area contributed by atoms with Gasteiger partial charge in [-0.3, -0.25) is 9.78 Å². The van der Waals surface area contributed by atoms with Crippen LogP contribution in [0, 0.1) is 0 Å². The molecule has 0 aromatic carbocycles. The van der Waals surface area contributed by atoms with Crippen molar-refractivity contribution in [3.8, 4) is 0 Å². The Morgan fingerprint density at radius 2 is 2.39 bits per heavy atom. The van der Waals surface area contributed by atoms with Crippen LogP contribution in [0.4, 0.5) is 5.69 Å². The van der Waals surface area contributed by atoms with Crippen molar-refractivity contribution in [2.24, 2.45) is 0 Å². The number of carbonyl (C=O) groups excluding carboxylic acids is 1. The van der Waals surface area contributed by atoms with Crippen LogP contribution < -0.4 is 10.2 Å². The van der Waals surface area contributed by atoms with Gasteiger partial charge in [0.2, 0.25) is 0 Å². The number of pyridine rings is 1. The molecule has 1 unspecified atom stereocenters. The maximum Gasteiger partial charge on any atom is 0.269 e. The Morgan fingerprint density at radius 1 is 1.52 bits per heavy atom. The maximum absolute atomic E-state index is 11.8. The average molecular weight is 330 g/mol. The van der Waals surface area contributed by atoms with Gasteiger partial charge in [0.15, 0.2) is 0 Å². The number of aryl methyl sites for hydroxylation is 1. The fourth-order valence-corrected chi connectivity index (χ4v) is 3.99. The minimum Gasteiger partial charge on any atom is -0.371 e. The lowest BCUT2D eigenvalue weighted by Crippen LogP contribution is -2.34. The Balaban J connectivity index is 1.77. The summed E-state index contributed by atoms with van der Waals surface area (Å²) in [6.07, 6.45) is 5.03. The predicted molar refractivity (Wildman–Crippen MR) is 93.3 cm³/mol. The molecule has 0 bridgehead atoms. The highest BCUT2D eigenvalue weighted by Crippen LogP contribution is 2.31. The van der Waals surface area contributed by atoms with Crippen molar-refractivity contribution in [2.45, 2.75) is 32.1 Å². The second kappa shape index (κ2) is 7.08. The van der Waals surface area contributed by atoms with E-state index in [0.717, 1.165) is 31.6 Å². The van der Waals surface area contributed by atoms with Gasteiger partial charge >= 0.3 is 0 Å². The molecule has 1 fully saturated rings. The molecular formula is C17H22N4OS. The molecule has 3 heterocycles. The van der Waals surface area contributed by atoms with E-state index in [1.165, 1.54) is 17.1 Å². The lowest BCUT2D eigenvalue weighted by atomic mass is 9.98. The molecule has 122 valence electrons. The molecule has 23 heavy (non-hydrogen) atoms. The van der Waals surface area contributed by atoms with Crippen molar-refractivity contribution in [3.05, 3.63) is 40.1 Å². The molecule has 1 saturated heterocycles. The standard InChI is InChI=1S/C17H22N4OS/c1-3-13-11-23-17(20-13)12-5-4-8-21(10-12)14-6-7-19-15(9-14)16(22)18-2/h6-7,9,11-12H,3-5,8,10H2,1-2H3,(H,18,22). The summed E-state index contributed by atoms with van der Waals surface area (Å²) in [5.41, 5.74) is 2.72. The van der Waals surface area contributed by atoms with E-state index in [2.05, 4.69) is 27.5 Å². The van der Waals surface area contributed by atoms with Gasteiger partial charge in [0, 0.05) is 43.3 Å². The van der Waals surface area contributed by atoms with Gasteiger partial charge in [0.05, 0.1) is 10.7 Å². The topological polar surface area (TPSA) is 58.1 Å². The van der Waals surface area contributed by atoms with Crippen LogP contribution >= 0.6 is 11.3 Å². The highest BCUT2D eigenvalue weighted by atomic mass is 32.1. The molecule has 1 aliphatic rings. The minimum absolute atomic E-state index is 0.145. The smallest absolute Gasteiger partial charge is 0.269 e. The Hall–Kier alpha value is -1.95. The summed E-state index contributed by atoms with van der Waals surface area (Å²) in [7, 11) is 1.63. The molecule has 0 radical (unpaired) electrons. The first-order chi connectivity index (χ1) is 11.2. The molecule has 6 heteroatoms. The number of nitrogens with one attached hydrogen (secondary N) is 1. The molecule has 2 aromatic heterocycles. The summed E-state index contributed by atoms with van der Waals surface area (Å²) < 4.78 is 0. The van der Waals surface area contributed by atoms with E-state index in [0.29, 0.717) is 11.6 Å². The summed E-state index contributed by atoms with van der Waals surface area (Å²) in [4.78, 5) is 23.0. The van der Waals surface area contributed by atoms with E-state index < -0.39 is 0 Å². The second-order valence-corrected chi connectivity index (χ2v) is 6.68. The fourth-order valence-electron chi connectivity index (χ4n) is 2.95. The van der Waals surface area contributed by atoms with Crippen LogP contribution in [-0.4, -0.2) is 36.0 Å². The third-order valence-corrected chi connectivity index (χ3v) is 5.33. The van der Waals surface area contributed by atoms with Crippen molar-refractivity contribution in [3.63, 3.8) is 0 Å². The zero-order chi connectivity index (χ0) is 16.2. The Bertz CT molecular complexity index is 685. The number of amides is 1. The largest absolute Gasteiger partial charge is 0.371 e. The first-order valence-electron chi connectivity index (χ1n) is 8.08. The number of hydrogen-bond donors (Lipinski definition) is 1. The summed E-state index contributed by atoms with van der Waals surface area (Å²) in [6, 6.07) is 3.86. The third-order valence-electron chi connectivity index (χ3n) is 4.27. The minimum atomic E-state index is -0.145. The highest BCUT2D eigenvalue weighted by Gasteiger charge is 2.24. The average Bonchev–Trinajstić information content (AvgIpc) is 3.10. The number of carbonyl (C=O) groups is 1. The van der Waals surface area contributed by atoms with Crippen molar-refractivity contribution < 1.29 is 4.79 Å². The number of piperidine rings is 1. The quantitative estimate of drug-likeness (QED) is 0.936. The lowest BCUT2D eigenvalue weighted by molar-refractivity contribution is 0.0958. The second-order valence-electron chi connectivity index (χ2n) is 5.79. The summed E-state index contributed by atoms with van der Waals surface area (Å²) in [5, 5.41) is 6.04. The number of rotatable bonds is 4. The van der Waals surface area contributed by atoms with Crippen LogP contribution in [0.2, 0.25) is 0 Å². The number of anilines is 1. The molecule has 2 aromatic rings. The van der Waals surface area contributed by atoms with Gasteiger partial charge in [-0.25, -0.2) is 4.98 Å². The van der Waals surface area contributed by atoms with E-state index in [1.807, 2.05) is 12.1 Å². The van der Waals surface area contributed by atoms with Crippen LogP contribution in [0.25, 0.3) is 0 Å². The molecule has 5 nitrogen and oxygen atoms in total. The first-order valence-corrected chi connectivity index (χ1v) is 8.96. The number of hydrogen-bond acceptors (Lipinski definition) is 5. The zero-order valence-electron chi connectivity index (χ0n) is 13.6. The van der Waals surface area contributed by atoms with Crippen molar-refractivity contribution in [1.82, 2.24) is 15.3 Å². The van der Waals surface area contributed by atoms with Crippen LogP contribution in [-0.2, 0) is 6.42 Å². The van der Waals surface area contributed by atoms with Crippen molar-refractivity contribution in [1.29, 1.82) is 0 Å². The van der Waals surface area contributed by atoms with Crippen LogP contribution in [0.1, 0.15) is 46.9 Å². The summed E-state index contributed by atoms with van der Waals surface area (Å²) >= 11 is 1.78. The predicted octanol–water partition coefficient (Wildman–Crippen LogP) is 2.84. The van der Waals surface area contributed by atoms with E-state index in [9.17, 15) is 4.79 Å². The molecule has 3 rings (SSSR count). The number of aromatic nitrogens is 2. The Labute approximate surface area is 140 Å². The van der Waals surface area contributed by atoms with Gasteiger partial charge in [0.25, 0.3) is 5.91 Å². The Kier molecular flexibility index (Phi) is 4.91. The number of thiazole rings is 1. The van der Waals surface area contributed by atoms with Gasteiger partial charge < -0.3 is 10.2 Å². The maximum atomic E-state index is 11.8. The summed E-state index contributed by atoms with van der Waals surface area (Å²) in [6.45, 7) is 4.11. The van der Waals surface area contributed by atoms with E-state index >= 15 is 0 Å². The monoisotopic (exact) mass is 330 g/mol. The van der Waals surface area contributed by atoms with Gasteiger partial charge in [-0.15, -0.1) is 11.3 Å². The van der Waals surface area contributed by atoms with Gasteiger partial charge in [0.1, 0.15) is 5.69 Å². The van der Waals surface area contributed by atoms with Crippen LogP contribution in [0.15, 0.2) is 23.7 Å². The van der Waals surface area contributed by atoms with Crippen molar-refractivity contribution in [2.75, 3.05) is 25.0 Å². The molecular weight excluding hydrogens is 308 g/mol. The lowest BCUT2D eigenvalue weighted by Gasteiger charge is -2.33. The highest BCUT2D eigenvalue weighted by molar-refractivity contribution is 7.09. The van der Waals surface area contributed by atoms with E-state index in [1.54, 1.807) is 24.6 Å².